The number of carbonyl (C=O) groups excluding carboxylic acids is 1. The molecular weight excluding hydrogens is 246 g/mol. The van der Waals surface area contributed by atoms with E-state index < -0.39 is 0 Å². The van der Waals surface area contributed by atoms with Crippen molar-refractivity contribution in [2.75, 3.05) is 11.9 Å². The van der Waals surface area contributed by atoms with E-state index in [1.165, 1.54) is 0 Å². The molecule has 0 aliphatic carbocycles. The molecule has 4 heteroatoms. The molecule has 1 saturated heterocycles. The van der Waals surface area contributed by atoms with Gasteiger partial charge in [0, 0.05) is 18.0 Å². The van der Waals surface area contributed by atoms with Crippen molar-refractivity contribution in [3.05, 3.63) is 0 Å². The van der Waals surface area contributed by atoms with Gasteiger partial charge in [-0.05, 0) is 25.7 Å². The molecule has 0 aromatic carbocycles. The monoisotopic (exact) mass is 263 g/mol. The van der Waals surface area contributed by atoms with Gasteiger partial charge in [0.1, 0.15) is 6.10 Å². The summed E-state index contributed by atoms with van der Waals surface area (Å²) in [5.74, 6) is 0.398. The Morgan fingerprint density at radius 2 is 2.43 bits per heavy atom. The molecule has 1 heterocycles. The largest absolute Gasteiger partial charge is 0.368 e. The van der Waals surface area contributed by atoms with Crippen LogP contribution in [-0.4, -0.2) is 30.0 Å². The predicted molar refractivity (Wildman–Crippen MR) is 59.5 cm³/mol. The normalized spacial score (nSPS) is 28.8. The van der Waals surface area contributed by atoms with E-state index >= 15 is 0 Å². The number of carbonyl (C=O) groups is 1. The van der Waals surface area contributed by atoms with Gasteiger partial charge in [-0.1, -0.05) is 22.9 Å². The van der Waals surface area contributed by atoms with Crippen molar-refractivity contribution < 1.29 is 9.53 Å². The van der Waals surface area contributed by atoms with Crippen molar-refractivity contribution in [2.45, 2.75) is 38.8 Å². The molecule has 0 aromatic heterocycles. The molecule has 1 N–H and O–H groups in total. The number of amides is 1. The Bertz CT molecular complexity index is 199. The van der Waals surface area contributed by atoms with Crippen LogP contribution in [0.15, 0.2) is 0 Å². The highest BCUT2D eigenvalue weighted by Crippen LogP contribution is 2.20. The van der Waals surface area contributed by atoms with Gasteiger partial charge in [0.2, 0.25) is 5.91 Å². The fourth-order valence-corrected chi connectivity index (χ4v) is 2.28. The fourth-order valence-electron chi connectivity index (χ4n) is 1.59. The molecule has 82 valence electrons. The summed E-state index contributed by atoms with van der Waals surface area (Å²) in [7, 11) is 0. The van der Waals surface area contributed by atoms with Gasteiger partial charge in [-0.15, -0.1) is 0 Å². The second-order valence-corrected chi connectivity index (χ2v) is 4.74. The summed E-state index contributed by atoms with van der Waals surface area (Å²) in [5.41, 5.74) is 0. The van der Waals surface area contributed by atoms with Crippen molar-refractivity contribution >= 4 is 21.8 Å². The molecule has 14 heavy (non-hydrogen) atoms. The zero-order chi connectivity index (χ0) is 10.6. The predicted octanol–water partition coefficient (Wildman–Crippen LogP) is 1.70. The Morgan fingerprint density at radius 1 is 1.71 bits per heavy atom. The minimum absolute atomic E-state index is 0.0449. The van der Waals surface area contributed by atoms with Crippen LogP contribution >= 0.6 is 15.9 Å². The maximum Gasteiger partial charge on any atom is 0.249 e. The van der Waals surface area contributed by atoms with Crippen molar-refractivity contribution in [1.82, 2.24) is 5.32 Å². The highest BCUT2D eigenvalue weighted by molar-refractivity contribution is 9.09. The first-order valence-electron chi connectivity index (χ1n) is 5.13. The fraction of sp³-hybridized carbons (Fsp3) is 0.900. The van der Waals surface area contributed by atoms with Gasteiger partial charge < -0.3 is 10.1 Å². The molecule has 3 nitrogen and oxygen atoms in total. The summed E-state index contributed by atoms with van der Waals surface area (Å²) in [4.78, 5) is 11.7. The molecule has 0 aromatic rings. The smallest absolute Gasteiger partial charge is 0.249 e. The minimum atomic E-state index is -0.229. The van der Waals surface area contributed by atoms with Crippen LogP contribution in [0.5, 0.6) is 0 Å². The third-order valence-electron chi connectivity index (χ3n) is 2.58. The highest BCUT2D eigenvalue weighted by atomic mass is 79.9. The first kappa shape index (κ1) is 12.0. The summed E-state index contributed by atoms with van der Waals surface area (Å²) in [6.45, 7) is 4.79. The Labute approximate surface area is 93.7 Å². The molecule has 0 bridgehead atoms. The van der Waals surface area contributed by atoms with E-state index in [1.54, 1.807) is 0 Å². The van der Waals surface area contributed by atoms with Crippen molar-refractivity contribution in [3.63, 3.8) is 0 Å². The molecule has 1 amide bonds. The van der Waals surface area contributed by atoms with Gasteiger partial charge in [0.15, 0.2) is 0 Å². The summed E-state index contributed by atoms with van der Waals surface area (Å²) >= 11 is 3.35. The van der Waals surface area contributed by atoms with E-state index in [-0.39, 0.29) is 18.1 Å². The first-order chi connectivity index (χ1) is 6.65. The van der Waals surface area contributed by atoms with Gasteiger partial charge in [-0.2, -0.15) is 0 Å². The number of hydrogen-bond acceptors (Lipinski definition) is 2. The standard InChI is InChI=1S/C10H18BrNO2/c1-7-4-6-14-9(7)10(13)12-8(2)3-5-11/h7-9H,3-6H2,1-2H3,(H,12,13). The summed E-state index contributed by atoms with van der Waals surface area (Å²) in [6.07, 6.45) is 1.71. The summed E-state index contributed by atoms with van der Waals surface area (Å²) < 4.78 is 5.38. The third kappa shape index (κ3) is 3.24. The van der Waals surface area contributed by atoms with Crippen molar-refractivity contribution in [2.24, 2.45) is 5.92 Å². The number of hydrogen-bond donors (Lipinski definition) is 1. The average Bonchev–Trinajstić information content (AvgIpc) is 2.51. The molecule has 0 spiro atoms. The third-order valence-corrected chi connectivity index (χ3v) is 3.03. The van der Waals surface area contributed by atoms with Crippen LogP contribution < -0.4 is 5.32 Å². The highest BCUT2D eigenvalue weighted by Gasteiger charge is 2.31. The quantitative estimate of drug-likeness (QED) is 0.785. The van der Waals surface area contributed by atoms with Crippen LogP contribution in [0.1, 0.15) is 26.7 Å². The number of halogens is 1. The van der Waals surface area contributed by atoms with Crippen LogP contribution in [0, 0.1) is 5.92 Å². The summed E-state index contributed by atoms with van der Waals surface area (Å²) in [5, 5.41) is 3.87. The molecule has 3 atom stereocenters. The van der Waals surface area contributed by atoms with E-state index in [1.807, 2.05) is 6.92 Å². The minimum Gasteiger partial charge on any atom is -0.368 e. The second-order valence-electron chi connectivity index (χ2n) is 3.94. The Hall–Kier alpha value is -0.0900. The van der Waals surface area contributed by atoms with Gasteiger partial charge in [0.05, 0.1) is 0 Å². The molecule has 3 unspecified atom stereocenters. The zero-order valence-electron chi connectivity index (χ0n) is 8.75. The molecule has 1 rings (SSSR count). The Kier molecular flexibility index (Phi) is 4.89. The topological polar surface area (TPSA) is 38.3 Å². The van der Waals surface area contributed by atoms with Gasteiger partial charge >= 0.3 is 0 Å². The molecular formula is C10H18BrNO2. The molecule has 0 saturated carbocycles. The zero-order valence-corrected chi connectivity index (χ0v) is 10.3. The van der Waals surface area contributed by atoms with Crippen LogP contribution in [0.4, 0.5) is 0 Å². The lowest BCUT2D eigenvalue weighted by Gasteiger charge is -2.18. The maximum atomic E-state index is 11.7. The van der Waals surface area contributed by atoms with Gasteiger partial charge in [-0.25, -0.2) is 0 Å². The van der Waals surface area contributed by atoms with Crippen LogP contribution in [0.2, 0.25) is 0 Å². The lowest BCUT2D eigenvalue weighted by Crippen LogP contribution is -2.42. The molecule has 1 aliphatic rings. The van der Waals surface area contributed by atoms with Gasteiger partial charge in [0.25, 0.3) is 0 Å². The molecule has 0 radical (unpaired) electrons. The molecule has 1 aliphatic heterocycles. The van der Waals surface area contributed by atoms with Crippen LogP contribution in [0.25, 0.3) is 0 Å². The lowest BCUT2D eigenvalue weighted by molar-refractivity contribution is -0.132. The van der Waals surface area contributed by atoms with E-state index in [4.69, 9.17) is 4.74 Å². The van der Waals surface area contributed by atoms with Crippen molar-refractivity contribution in [3.8, 4) is 0 Å². The number of rotatable bonds is 4. The number of alkyl halides is 1. The second kappa shape index (κ2) is 5.71. The number of nitrogens with one attached hydrogen (secondary N) is 1. The average molecular weight is 264 g/mol. The number of ether oxygens (including phenoxy) is 1. The Balaban J connectivity index is 2.33. The van der Waals surface area contributed by atoms with E-state index in [2.05, 4.69) is 28.2 Å². The first-order valence-corrected chi connectivity index (χ1v) is 6.25. The Morgan fingerprint density at radius 3 is 2.93 bits per heavy atom. The van der Waals surface area contributed by atoms with E-state index in [9.17, 15) is 4.79 Å². The van der Waals surface area contributed by atoms with Gasteiger partial charge in [-0.3, -0.25) is 4.79 Å². The lowest BCUT2D eigenvalue weighted by atomic mass is 10.0. The molecule has 1 fully saturated rings. The van der Waals surface area contributed by atoms with Crippen molar-refractivity contribution in [1.29, 1.82) is 0 Å². The van der Waals surface area contributed by atoms with Crippen LogP contribution in [-0.2, 0) is 9.53 Å². The SMILES string of the molecule is CC(CCBr)NC(=O)C1OCCC1C. The summed E-state index contributed by atoms with van der Waals surface area (Å²) in [6, 6.07) is 0.221. The maximum absolute atomic E-state index is 11.7. The van der Waals surface area contributed by atoms with Crippen LogP contribution in [0.3, 0.4) is 0 Å². The van der Waals surface area contributed by atoms with E-state index in [0.29, 0.717) is 12.5 Å². The van der Waals surface area contributed by atoms with E-state index in [0.717, 1.165) is 18.2 Å².